The summed E-state index contributed by atoms with van der Waals surface area (Å²) in [4.78, 5) is 12.2. The molecule has 0 saturated heterocycles. The molecule has 3 aromatic rings. The maximum Gasteiger partial charge on any atom is 0.289 e. The summed E-state index contributed by atoms with van der Waals surface area (Å²) < 4.78 is 0. The van der Waals surface area contributed by atoms with Gasteiger partial charge in [-0.15, -0.1) is 0 Å². The number of hydrogen-bond donors (Lipinski definition) is 2. The van der Waals surface area contributed by atoms with Crippen molar-refractivity contribution in [3.05, 3.63) is 74.9 Å². The number of benzene rings is 2. The quantitative estimate of drug-likeness (QED) is 0.461. The topological polar surface area (TPSA) is 70.1 Å². The lowest BCUT2D eigenvalue weighted by Crippen LogP contribution is -2.19. The normalized spacial score (nSPS) is 11.5. The number of amides is 1. The molecule has 2 N–H and O–H groups in total. The Kier molecular flexibility index (Phi) is 5.61. The minimum absolute atomic E-state index is 0.292. The predicted molar refractivity (Wildman–Crippen MR) is 105 cm³/mol. The highest BCUT2D eigenvalue weighted by Crippen LogP contribution is 2.23. The van der Waals surface area contributed by atoms with Crippen LogP contribution in [0.25, 0.3) is 11.3 Å². The summed E-state index contributed by atoms with van der Waals surface area (Å²) in [5.41, 5.74) is 5.61. The van der Waals surface area contributed by atoms with Crippen molar-refractivity contribution in [3.63, 3.8) is 0 Å². The van der Waals surface area contributed by atoms with Crippen LogP contribution in [0.4, 0.5) is 0 Å². The van der Waals surface area contributed by atoms with Gasteiger partial charge in [-0.2, -0.15) is 10.2 Å². The van der Waals surface area contributed by atoms with E-state index < -0.39 is 5.91 Å². The minimum atomic E-state index is -0.405. The van der Waals surface area contributed by atoms with Gasteiger partial charge in [-0.05, 0) is 42.8 Å². The highest BCUT2D eigenvalue weighted by atomic mass is 35.5. The fourth-order valence-corrected chi connectivity index (χ4v) is 2.61. The van der Waals surface area contributed by atoms with E-state index in [9.17, 15) is 4.79 Å². The van der Waals surface area contributed by atoms with Gasteiger partial charge in [0.25, 0.3) is 5.91 Å². The van der Waals surface area contributed by atoms with E-state index in [-0.39, 0.29) is 0 Å². The number of rotatable bonds is 4. The molecule has 1 aromatic heterocycles. The second-order valence-corrected chi connectivity index (χ2v) is 6.69. The Morgan fingerprint density at radius 2 is 1.77 bits per heavy atom. The molecule has 132 valence electrons. The summed E-state index contributed by atoms with van der Waals surface area (Å²) in [7, 11) is 0. The Balaban J connectivity index is 1.72. The number of carbonyl (C=O) groups excluding carboxylic acids is 1. The molecular formula is C18H13Cl3N4O. The molecule has 1 amide bonds. The number of H-pyrrole nitrogens is 1. The maximum absolute atomic E-state index is 12.2. The fraction of sp³-hybridized carbons (Fsp3) is 0.0556. The zero-order valence-electron chi connectivity index (χ0n) is 13.6. The smallest absolute Gasteiger partial charge is 0.272 e. The average Bonchev–Trinajstić information content (AvgIpc) is 3.12. The van der Waals surface area contributed by atoms with Crippen molar-refractivity contribution in [2.24, 2.45) is 5.10 Å². The third kappa shape index (κ3) is 4.25. The monoisotopic (exact) mass is 406 g/mol. The molecule has 0 aliphatic heterocycles. The zero-order chi connectivity index (χ0) is 18.7. The Morgan fingerprint density at radius 1 is 1.04 bits per heavy atom. The molecule has 0 aliphatic rings. The molecule has 0 bridgehead atoms. The van der Waals surface area contributed by atoms with Crippen LogP contribution < -0.4 is 5.43 Å². The predicted octanol–water partition coefficient (Wildman–Crippen LogP) is 5.19. The number of nitrogens with zero attached hydrogens (tertiary/aromatic N) is 2. The van der Waals surface area contributed by atoms with Crippen molar-refractivity contribution in [3.8, 4) is 11.3 Å². The van der Waals surface area contributed by atoms with E-state index in [4.69, 9.17) is 34.8 Å². The van der Waals surface area contributed by atoms with E-state index in [2.05, 4.69) is 20.7 Å². The van der Waals surface area contributed by atoms with E-state index in [0.29, 0.717) is 32.2 Å². The molecule has 0 fully saturated rings. The molecule has 8 heteroatoms. The van der Waals surface area contributed by atoms with Gasteiger partial charge >= 0.3 is 0 Å². The molecule has 0 saturated carbocycles. The Morgan fingerprint density at radius 3 is 2.46 bits per heavy atom. The number of hydrazone groups is 1. The van der Waals surface area contributed by atoms with Crippen LogP contribution in [0.5, 0.6) is 0 Å². The molecule has 3 rings (SSSR count). The van der Waals surface area contributed by atoms with E-state index in [0.717, 1.165) is 11.1 Å². The van der Waals surface area contributed by atoms with Gasteiger partial charge in [0.15, 0.2) is 0 Å². The van der Waals surface area contributed by atoms with Crippen molar-refractivity contribution < 1.29 is 4.79 Å². The van der Waals surface area contributed by atoms with Gasteiger partial charge in [-0.25, -0.2) is 5.43 Å². The van der Waals surface area contributed by atoms with Gasteiger partial charge < -0.3 is 0 Å². The van der Waals surface area contributed by atoms with Crippen LogP contribution in [0.2, 0.25) is 15.1 Å². The van der Waals surface area contributed by atoms with E-state index in [1.807, 2.05) is 12.1 Å². The average molecular weight is 408 g/mol. The Bertz CT molecular complexity index is 980. The Hall–Kier alpha value is -2.34. The van der Waals surface area contributed by atoms with Crippen molar-refractivity contribution in [1.82, 2.24) is 15.6 Å². The summed E-state index contributed by atoms with van der Waals surface area (Å²) in [5.74, 6) is -0.405. The molecule has 2 aromatic carbocycles. The first kappa shape index (κ1) is 18.5. The van der Waals surface area contributed by atoms with E-state index in [1.54, 1.807) is 43.3 Å². The first-order valence-electron chi connectivity index (χ1n) is 7.55. The third-order valence-corrected chi connectivity index (χ3v) is 4.62. The first-order valence-corrected chi connectivity index (χ1v) is 8.69. The van der Waals surface area contributed by atoms with Crippen LogP contribution in [0.3, 0.4) is 0 Å². The number of halogens is 3. The maximum atomic E-state index is 12.2. The van der Waals surface area contributed by atoms with Crippen LogP contribution in [0, 0.1) is 0 Å². The number of aromatic amines is 1. The number of hydrogen-bond acceptors (Lipinski definition) is 3. The standard InChI is InChI=1S/C18H13Cl3N4O/c1-10(12-4-7-14(20)15(21)8-12)22-25-18(26)17-9-16(23-24-17)11-2-5-13(19)6-3-11/h2-9H,1H3,(H,23,24)(H,25,26). The van der Waals surface area contributed by atoms with Gasteiger partial charge in [0.2, 0.25) is 0 Å². The highest BCUT2D eigenvalue weighted by molar-refractivity contribution is 6.42. The molecule has 26 heavy (non-hydrogen) atoms. The second-order valence-electron chi connectivity index (χ2n) is 5.44. The van der Waals surface area contributed by atoms with E-state index in [1.165, 1.54) is 0 Å². The van der Waals surface area contributed by atoms with Gasteiger partial charge in [0.05, 0.1) is 21.5 Å². The molecule has 0 aliphatic carbocycles. The minimum Gasteiger partial charge on any atom is -0.272 e. The van der Waals surface area contributed by atoms with Crippen LogP contribution in [0.15, 0.2) is 53.6 Å². The summed E-state index contributed by atoms with van der Waals surface area (Å²) in [5, 5.41) is 12.4. The van der Waals surface area contributed by atoms with Crippen molar-refractivity contribution in [1.29, 1.82) is 0 Å². The van der Waals surface area contributed by atoms with Crippen LogP contribution in [0.1, 0.15) is 23.0 Å². The zero-order valence-corrected chi connectivity index (χ0v) is 15.8. The van der Waals surface area contributed by atoms with Gasteiger partial charge in [0.1, 0.15) is 5.69 Å². The Labute approximate surface area is 165 Å². The summed E-state index contributed by atoms with van der Waals surface area (Å²) in [6.45, 7) is 1.76. The van der Waals surface area contributed by atoms with Crippen LogP contribution >= 0.6 is 34.8 Å². The summed E-state index contributed by atoms with van der Waals surface area (Å²) in [6.07, 6.45) is 0. The second kappa shape index (κ2) is 7.91. The third-order valence-electron chi connectivity index (χ3n) is 3.63. The van der Waals surface area contributed by atoms with Crippen LogP contribution in [-0.4, -0.2) is 21.8 Å². The molecule has 1 heterocycles. The molecule has 0 spiro atoms. The van der Waals surface area contributed by atoms with Crippen molar-refractivity contribution in [2.45, 2.75) is 6.92 Å². The first-order chi connectivity index (χ1) is 12.4. The lowest BCUT2D eigenvalue weighted by Gasteiger charge is -2.03. The summed E-state index contributed by atoms with van der Waals surface area (Å²) in [6, 6.07) is 13.9. The number of carbonyl (C=O) groups is 1. The molecule has 5 nitrogen and oxygen atoms in total. The lowest BCUT2D eigenvalue weighted by atomic mass is 10.1. The fourth-order valence-electron chi connectivity index (χ4n) is 2.19. The van der Waals surface area contributed by atoms with Gasteiger partial charge in [0, 0.05) is 10.6 Å². The largest absolute Gasteiger partial charge is 0.289 e. The number of aromatic nitrogens is 2. The number of nitrogens with one attached hydrogen (secondary N) is 2. The molecular weight excluding hydrogens is 395 g/mol. The van der Waals surface area contributed by atoms with Crippen LogP contribution in [-0.2, 0) is 0 Å². The molecule has 0 radical (unpaired) electrons. The SMILES string of the molecule is CC(=NNC(=O)c1cc(-c2ccc(Cl)cc2)n[nH]1)c1ccc(Cl)c(Cl)c1. The molecule has 0 atom stereocenters. The van der Waals surface area contributed by atoms with Crippen molar-refractivity contribution in [2.75, 3.05) is 0 Å². The van der Waals surface area contributed by atoms with Crippen molar-refractivity contribution >= 4 is 46.4 Å². The lowest BCUT2D eigenvalue weighted by molar-refractivity contribution is 0.0950. The van der Waals surface area contributed by atoms with Gasteiger partial charge in [-0.3, -0.25) is 9.89 Å². The van der Waals surface area contributed by atoms with Gasteiger partial charge in [-0.1, -0.05) is 53.0 Å². The summed E-state index contributed by atoms with van der Waals surface area (Å²) >= 11 is 17.8. The molecule has 0 unspecified atom stereocenters. The highest BCUT2D eigenvalue weighted by Gasteiger charge is 2.11. The van der Waals surface area contributed by atoms with E-state index >= 15 is 0 Å².